The number of aromatic nitrogens is 2. The molecule has 3 aromatic rings. The van der Waals surface area contributed by atoms with Gasteiger partial charge in [-0.05, 0) is 55.7 Å². The number of hydrogen-bond acceptors (Lipinski definition) is 6. The molecule has 4 nitrogen and oxygen atoms in total. The molecule has 3 rings (SSSR count). The third-order valence-electron chi connectivity index (χ3n) is 5.31. The Labute approximate surface area is 231 Å². The summed E-state index contributed by atoms with van der Waals surface area (Å²) in [6, 6.07) is 20.7. The second-order valence-corrected chi connectivity index (χ2v) is 11.9. The normalized spacial score (nSPS) is 10.9. The van der Waals surface area contributed by atoms with Gasteiger partial charge in [-0.3, -0.25) is 4.79 Å². The van der Waals surface area contributed by atoms with Crippen LogP contribution in [-0.2, 0) is 4.79 Å². The van der Waals surface area contributed by atoms with Gasteiger partial charge in [-0.15, -0.1) is 10.2 Å². The maximum Gasteiger partial charge on any atom is 0.309 e. The molecule has 0 radical (unpaired) electrons. The Morgan fingerprint density at radius 2 is 1.56 bits per heavy atom. The van der Waals surface area contributed by atoms with E-state index < -0.39 is 11.4 Å². The van der Waals surface area contributed by atoms with Crippen molar-refractivity contribution in [2.24, 2.45) is 5.41 Å². The van der Waals surface area contributed by atoms with Crippen molar-refractivity contribution in [3.8, 4) is 0 Å². The Morgan fingerprint density at radius 1 is 1.03 bits per heavy atom. The third kappa shape index (κ3) is 15.1. The van der Waals surface area contributed by atoms with Crippen LogP contribution in [0.25, 0.3) is 6.08 Å². The zero-order valence-corrected chi connectivity index (χ0v) is 25.2. The van der Waals surface area contributed by atoms with Crippen molar-refractivity contribution < 1.29 is 9.90 Å². The lowest BCUT2D eigenvalue weighted by Crippen LogP contribution is -2.21. The molecule has 0 saturated carbocycles. The number of carboxylic acids is 1. The molecule has 0 fully saturated rings. The van der Waals surface area contributed by atoms with Gasteiger partial charge in [-0.25, -0.2) is 0 Å². The topological polar surface area (TPSA) is 63.1 Å². The average molecular weight is 547 g/mol. The lowest BCUT2D eigenvalue weighted by Gasteiger charge is -2.14. The molecule has 1 N–H and O–H groups in total. The Hall–Kier alpha value is -2.09. The van der Waals surface area contributed by atoms with Crippen LogP contribution in [-0.4, -0.2) is 33.3 Å². The fourth-order valence-corrected chi connectivity index (χ4v) is 4.55. The quantitative estimate of drug-likeness (QED) is 0.284. The van der Waals surface area contributed by atoms with E-state index in [0.717, 1.165) is 14.4 Å². The molecule has 2 aromatic carbocycles. The monoisotopic (exact) mass is 546 g/mol. The van der Waals surface area contributed by atoms with Gasteiger partial charge in [0.25, 0.3) is 0 Å². The second kappa shape index (κ2) is 20.0. The molecular weight excluding hydrogens is 505 g/mol. The number of hydrogen-bond donors (Lipinski definition) is 1. The van der Waals surface area contributed by atoms with Crippen LogP contribution in [0.15, 0.2) is 75.9 Å². The smallest absolute Gasteiger partial charge is 0.309 e. The maximum atomic E-state index is 10.3. The van der Waals surface area contributed by atoms with E-state index in [2.05, 4.69) is 67.9 Å². The summed E-state index contributed by atoms with van der Waals surface area (Å²) in [7, 11) is 0. The molecule has 1 atom stereocenters. The Bertz CT molecular complexity index is 961. The Kier molecular flexibility index (Phi) is 18.9. The molecule has 0 amide bonds. The Balaban J connectivity index is 0.000000457. The van der Waals surface area contributed by atoms with Crippen molar-refractivity contribution in [1.29, 1.82) is 0 Å². The summed E-state index contributed by atoms with van der Waals surface area (Å²) in [6.07, 6.45) is 5.76. The summed E-state index contributed by atoms with van der Waals surface area (Å²) in [5.74, 6) is 1.06. The summed E-state index contributed by atoms with van der Waals surface area (Å²) in [4.78, 5) is 10.3. The molecule has 0 saturated heterocycles. The third-order valence-corrected chi connectivity index (χ3v) is 8.22. The molecule has 36 heavy (non-hydrogen) atoms. The summed E-state index contributed by atoms with van der Waals surface area (Å²) in [5.41, 5.74) is 2.08. The summed E-state index contributed by atoms with van der Waals surface area (Å²) >= 11 is 5.05. The standard InChI is InChI=1S/C10H14.C8H8.C6H12O2.C5H8N2S3/c1-3-9(2)10-7-5-4-6-8-10;1-2-8-6-4-3-5-7-8;1-4-6(2,3)5(7)8;1-3-9-5-7-6-4(8-2)10-5/h4-9H,3H2,1-2H3;2-7H,1H2;4H2,1-3H3,(H,7,8);3H2,1-2H3. The van der Waals surface area contributed by atoms with Crippen molar-refractivity contribution in [3.05, 3.63) is 78.4 Å². The summed E-state index contributed by atoms with van der Waals surface area (Å²) in [5, 5.41) is 16.4. The van der Waals surface area contributed by atoms with E-state index in [4.69, 9.17) is 5.11 Å². The number of aliphatic carboxylic acids is 1. The molecule has 0 bridgehead atoms. The Morgan fingerprint density at radius 3 is 1.89 bits per heavy atom. The SMILES string of the molecule is C=Cc1ccccc1.CCC(C)(C)C(=O)O.CCC(C)c1ccccc1.CCSc1nnc(SC)s1. The molecule has 7 heteroatoms. The van der Waals surface area contributed by atoms with Crippen LogP contribution in [0.2, 0.25) is 0 Å². The molecule has 0 aliphatic heterocycles. The van der Waals surface area contributed by atoms with Gasteiger partial charge in [-0.1, -0.05) is 136 Å². The molecule has 1 heterocycles. The van der Waals surface area contributed by atoms with Crippen LogP contribution >= 0.6 is 34.9 Å². The average Bonchev–Trinajstić information content (AvgIpc) is 3.38. The van der Waals surface area contributed by atoms with Crippen molar-refractivity contribution >= 4 is 46.9 Å². The minimum absolute atomic E-state index is 0.542. The number of nitrogens with zero attached hydrogens (tertiary/aromatic N) is 2. The van der Waals surface area contributed by atoms with Gasteiger partial charge in [-0.2, -0.15) is 0 Å². The highest BCUT2D eigenvalue weighted by atomic mass is 32.2. The fraction of sp³-hybridized carbons (Fsp3) is 0.414. The van der Waals surface area contributed by atoms with Crippen molar-refractivity contribution in [2.75, 3.05) is 12.0 Å². The molecule has 0 aliphatic rings. The number of carbonyl (C=O) groups is 1. The predicted octanol–water partition coefficient (Wildman–Crippen LogP) is 9.41. The lowest BCUT2D eigenvalue weighted by molar-refractivity contribution is -0.147. The van der Waals surface area contributed by atoms with Crippen LogP contribution in [0.4, 0.5) is 0 Å². The van der Waals surface area contributed by atoms with Gasteiger partial charge < -0.3 is 5.11 Å². The lowest BCUT2D eigenvalue weighted by atomic mass is 9.91. The van der Waals surface area contributed by atoms with E-state index in [0.29, 0.717) is 12.3 Å². The minimum Gasteiger partial charge on any atom is -0.481 e. The van der Waals surface area contributed by atoms with E-state index in [1.807, 2.05) is 49.6 Å². The fourth-order valence-electron chi connectivity index (χ4n) is 2.22. The number of benzene rings is 2. The molecule has 1 unspecified atom stereocenters. The van der Waals surface area contributed by atoms with Crippen molar-refractivity contribution in [3.63, 3.8) is 0 Å². The molecule has 1 aromatic heterocycles. The van der Waals surface area contributed by atoms with E-state index in [-0.39, 0.29) is 0 Å². The van der Waals surface area contributed by atoms with E-state index in [9.17, 15) is 4.79 Å². The number of rotatable bonds is 8. The van der Waals surface area contributed by atoms with Gasteiger partial charge >= 0.3 is 5.97 Å². The minimum atomic E-state index is -0.722. The van der Waals surface area contributed by atoms with Gasteiger partial charge in [0.2, 0.25) is 0 Å². The van der Waals surface area contributed by atoms with Crippen LogP contribution in [0.3, 0.4) is 0 Å². The highest BCUT2D eigenvalue weighted by Gasteiger charge is 2.23. The largest absolute Gasteiger partial charge is 0.481 e. The van der Waals surface area contributed by atoms with Crippen LogP contribution in [0.1, 0.15) is 71.4 Å². The molecule has 198 valence electrons. The molecule has 0 aliphatic carbocycles. The number of carboxylic acid groups (broad SMARTS) is 1. The molecule has 0 spiro atoms. The zero-order valence-electron chi connectivity index (χ0n) is 22.7. The zero-order chi connectivity index (χ0) is 27.4. The van der Waals surface area contributed by atoms with Crippen LogP contribution < -0.4 is 0 Å². The highest BCUT2D eigenvalue weighted by molar-refractivity contribution is 8.02. The first-order chi connectivity index (χ1) is 17.1. The summed E-state index contributed by atoms with van der Waals surface area (Å²) in [6.45, 7) is 15.5. The number of thioether (sulfide) groups is 2. The second-order valence-electron chi connectivity index (χ2n) is 8.35. The first-order valence-electron chi connectivity index (χ1n) is 12.1. The molecular formula is C29H42N2O2S3. The first kappa shape index (κ1) is 33.9. The van der Waals surface area contributed by atoms with Crippen LogP contribution in [0.5, 0.6) is 0 Å². The first-order valence-corrected chi connectivity index (χ1v) is 15.1. The van der Waals surface area contributed by atoms with E-state index >= 15 is 0 Å². The summed E-state index contributed by atoms with van der Waals surface area (Å²) < 4.78 is 2.13. The predicted molar refractivity (Wildman–Crippen MR) is 161 cm³/mol. The van der Waals surface area contributed by atoms with Crippen molar-refractivity contribution in [2.45, 2.75) is 69.0 Å². The van der Waals surface area contributed by atoms with Crippen LogP contribution in [0, 0.1) is 5.41 Å². The highest BCUT2D eigenvalue weighted by Crippen LogP contribution is 2.26. The van der Waals surface area contributed by atoms with E-state index in [1.54, 1.807) is 48.7 Å². The van der Waals surface area contributed by atoms with Gasteiger partial charge in [0.15, 0.2) is 8.68 Å². The van der Waals surface area contributed by atoms with E-state index in [1.165, 1.54) is 17.5 Å². The van der Waals surface area contributed by atoms with Gasteiger partial charge in [0.1, 0.15) is 0 Å². The van der Waals surface area contributed by atoms with Gasteiger partial charge in [0, 0.05) is 0 Å². The maximum absolute atomic E-state index is 10.3. The van der Waals surface area contributed by atoms with Gasteiger partial charge in [0.05, 0.1) is 5.41 Å². The van der Waals surface area contributed by atoms with Crippen molar-refractivity contribution in [1.82, 2.24) is 10.2 Å².